The van der Waals surface area contributed by atoms with Crippen LogP contribution in [0.1, 0.15) is 132 Å². The highest BCUT2D eigenvalue weighted by Gasteiger charge is 2.59. The second-order valence-electron chi connectivity index (χ2n) is 17.1. The Hall–Kier alpha value is -5.78. The molecule has 8 atom stereocenters. The summed E-state index contributed by atoms with van der Waals surface area (Å²) in [5.74, 6) is 4.58. The molecule has 2 saturated carbocycles. The Kier molecular flexibility index (Phi) is 8.44. The molecule has 6 aliphatic rings. The first-order valence-electron chi connectivity index (χ1n) is 20.4. The minimum atomic E-state index is -1.12. The Labute approximate surface area is 334 Å². The van der Waals surface area contributed by atoms with Gasteiger partial charge in [-0.25, -0.2) is 29.1 Å². The fourth-order valence-corrected chi connectivity index (χ4v) is 12.2. The summed E-state index contributed by atoms with van der Waals surface area (Å²) in [6.45, 7) is 5.59. The van der Waals surface area contributed by atoms with Crippen LogP contribution in [-0.2, 0) is 9.59 Å². The Morgan fingerprint density at radius 3 is 1.76 bits per heavy atom. The van der Waals surface area contributed by atoms with Crippen molar-refractivity contribution in [1.29, 1.82) is 0 Å². The van der Waals surface area contributed by atoms with Crippen LogP contribution in [0.4, 0.5) is 9.59 Å². The molecule has 14 nitrogen and oxygen atoms in total. The average molecular weight is 783 g/mol. The zero-order valence-electron chi connectivity index (χ0n) is 32.5. The Balaban J connectivity index is 0.956. The maximum Gasteiger partial charge on any atom is 0.406 e. The lowest BCUT2D eigenvalue weighted by atomic mass is 9.65. The number of carboxylic acid groups (broad SMARTS) is 2. The number of H-pyrrole nitrogens is 2. The number of imidazole rings is 2. The molecular weight excluding hydrogens is 737 g/mol. The van der Waals surface area contributed by atoms with Gasteiger partial charge in [0.05, 0.1) is 23.9 Å². The van der Waals surface area contributed by atoms with Gasteiger partial charge in [-0.1, -0.05) is 36.4 Å². The van der Waals surface area contributed by atoms with E-state index in [0.29, 0.717) is 49.9 Å². The van der Waals surface area contributed by atoms with E-state index in [2.05, 4.69) is 102 Å². The summed E-state index contributed by atoms with van der Waals surface area (Å²) in [5.41, 5.74) is 6.70. The molecule has 0 spiro atoms. The molecule has 2 aliphatic carbocycles. The van der Waals surface area contributed by atoms with Crippen LogP contribution in [0.25, 0.3) is 11.1 Å². The number of benzene rings is 2. The van der Waals surface area contributed by atoms with E-state index in [1.165, 1.54) is 0 Å². The summed E-state index contributed by atoms with van der Waals surface area (Å²) in [6.07, 6.45) is 7.02. The lowest BCUT2D eigenvalue weighted by Crippen LogP contribution is -2.65. The van der Waals surface area contributed by atoms with Gasteiger partial charge >= 0.3 is 12.2 Å². The Morgan fingerprint density at radius 1 is 0.724 bits per heavy atom. The van der Waals surface area contributed by atoms with Crippen LogP contribution in [0, 0.1) is 13.8 Å². The quantitative estimate of drug-likeness (QED) is 0.122. The van der Waals surface area contributed by atoms with Crippen molar-refractivity contribution in [1.82, 2.24) is 40.4 Å². The number of amides is 2. The third kappa shape index (κ3) is 5.18. The van der Waals surface area contributed by atoms with Crippen LogP contribution in [0.3, 0.4) is 0 Å². The number of nitrogens with zero attached hydrogens (tertiary/aromatic N) is 4. The monoisotopic (exact) mass is 782 g/mol. The molecule has 2 amide bonds. The number of aromatic nitrogens is 4. The summed E-state index contributed by atoms with van der Waals surface area (Å²) in [4.78, 5) is 71.5. The lowest BCUT2D eigenvalue weighted by molar-refractivity contribution is 0.00720. The predicted octanol–water partition coefficient (Wildman–Crippen LogP) is 6.48. The van der Waals surface area contributed by atoms with Crippen molar-refractivity contribution in [2.45, 2.75) is 112 Å². The third-order valence-electron chi connectivity index (χ3n) is 14.7. The largest absolute Gasteiger partial charge is 0.465 e. The maximum absolute atomic E-state index is 13.1. The van der Waals surface area contributed by atoms with Crippen molar-refractivity contribution in [2.24, 2.45) is 0 Å². The van der Waals surface area contributed by atoms with Crippen LogP contribution in [0.2, 0.25) is 0 Å². The Bertz CT molecular complexity index is 2460. The normalized spacial score (nSPS) is 31.1. The van der Waals surface area contributed by atoms with Gasteiger partial charge < -0.3 is 30.8 Å². The molecule has 0 radical (unpaired) electrons. The highest BCUT2D eigenvalue weighted by molar-refractivity contribution is 5.73. The minimum Gasteiger partial charge on any atom is -0.465 e. The van der Waals surface area contributed by atoms with Crippen molar-refractivity contribution in [2.75, 3.05) is 13.1 Å². The van der Waals surface area contributed by atoms with Gasteiger partial charge in [-0.05, 0) is 98.6 Å². The maximum atomic E-state index is 13.1. The molecule has 6 unspecified atom stereocenters. The number of carbonyl (C=O) groups excluding carboxylic acids is 2. The Morgan fingerprint density at radius 2 is 1.24 bits per heavy atom. The van der Waals surface area contributed by atoms with Crippen molar-refractivity contribution in [3.8, 4) is 11.1 Å². The molecule has 4 aliphatic heterocycles. The number of hydrogen-bond acceptors (Lipinski definition) is 8. The van der Waals surface area contributed by atoms with Crippen LogP contribution in [-0.4, -0.2) is 88.4 Å². The van der Waals surface area contributed by atoms with Gasteiger partial charge in [-0.15, -0.1) is 0 Å². The fraction of sp³-hybridized carbons (Fsp3) is 0.455. The topological polar surface area (TPSA) is 197 Å². The number of hydrogen-bond donors (Lipinski definition) is 6. The van der Waals surface area contributed by atoms with Crippen molar-refractivity contribution >= 4 is 24.1 Å². The number of nitrogens with one attached hydrogen (secondary N) is 4. The molecule has 2 saturated heterocycles. The van der Waals surface area contributed by atoms with Crippen LogP contribution >= 0.6 is 0 Å². The standard InChI is InChI=1S/C44H46N8O6/c1-23-24(2)28(30-14-16-44(50-42(57)58)38(32(30)22-54)34-20-46-40(48-34)36-6-4-18-52(36)44)12-11-27(23)25-7-9-26(10-8-25)29-13-15-43(49-41(55)56)37(31(29)21-53)33-19-45-39(47-33)35-5-3-17-51(35)43/h7-12,19-20,29-30,35-38,49-50H,3-6,13-18H2,1-2H3,(H,45,47)(H,46,48)(H,55,56)(H,57,58)/t29?,30?,35?,36?,37-,38-,43?,44?/m0/s1. The van der Waals surface area contributed by atoms with Gasteiger partial charge in [0.15, 0.2) is 0 Å². The number of rotatable bonds is 5. The van der Waals surface area contributed by atoms with Gasteiger partial charge in [0.2, 0.25) is 0 Å². The predicted molar refractivity (Wildman–Crippen MR) is 212 cm³/mol. The third-order valence-corrected chi connectivity index (χ3v) is 14.7. The zero-order valence-corrected chi connectivity index (χ0v) is 32.5. The second kappa shape index (κ2) is 13.4. The van der Waals surface area contributed by atoms with Crippen LogP contribution in [0.5, 0.6) is 0 Å². The van der Waals surface area contributed by atoms with Gasteiger partial charge in [0.25, 0.3) is 0 Å². The van der Waals surface area contributed by atoms with E-state index >= 15 is 0 Å². The highest BCUT2D eigenvalue weighted by atomic mass is 16.4. The number of fused-ring (bicyclic) bond motifs is 14. The van der Waals surface area contributed by atoms with E-state index in [4.69, 9.17) is 0 Å². The summed E-state index contributed by atoms with van der Waals surface area (Å²) >= 11 is 0. The van der Waals surface area contributed by atoms with E-state index in [1.54, 1.807) is 12.4 Å². The van der Waals surface area contributed by atoms with Crippen molar-refractivity contribution in [3.63, 3.8) is 0 Å². The van der Waals surface area contributed by atoms with Crippen molar-refractivity contribution in [3.05, 3.63) is 105 Å². The van der Waals surface area contributed by atoms with Crippen LogP contribution in [0.15, 0.2) is 59.9 Å². The number of carbonyl (C=O) groups is 2. The van der Waals surface area contributed by atoms with Crippen molar-refractivity contribution < 1.29 is 29.4 Å². The molecular formula is C44H46N8O6. The molecule has 4 fully saturated rings. The van der Waals surface area contributed by atoms with E-state index < -0.39 is 35.3 Å². The van der Waals surface area contributed by atoms with Gasteiger partial charge in [-0.2, -0.15) is 0 Å². The first-order valence-corrected chi connectivity index (χ1v) is 20.4. The summed E-state index contributed by atoms with van der Waals surface area (Å²) < 4.78 is 0. The van der Waals surface area contributed by atoms with Crippen LogP contribution < -0.4 is 10.6 Å². The molecule has 2 aromatic heterocycles. The molecule has 4 bridgehead atoms. The van der Waals surface area contributed by atoms with E-state index in [-0.39, 0.29) is 23.9 Å². The highest BCUT2D eigenvalue weighted by Crippen LogP contribution is 2.58. The smallest absolute Gasteiger partial charge is 0.406 e. The zero-order chi connectivity index (χ0) is 40.1. The molecule has 6 N–H and O–H groups in total. The minimum absolute atomic E-state index is 0.0527. The summed E-state index contributed by atoms with van der Waals surface area (Å²) in [7, 11) is 0. The molecule has 6 heterocycles. The average Bonchev–Trinajstić information content (AvgIpc) is 4.04. The number of aromatic amines is 2. The van der Waals surface area contributed by atoms with E-state index in [9.17, 15) is 29.4 Å². The van der Waals surface area contributed by atoms with E-state index in [0.717, 1.165) is 82.1 Å². The van der Waals surface area contributed by atoms with Gasteiger partial charge in [0, 0.05) is 59.9 Å². The molecule has 58 heavy (non-hydrogen) atoms. The van der Waals surface area contributed by atoms with Gasteiger partial charge in [-0.3, -0.25) is 9.80 Å². The SMILES string of the molecule is Cc1c(-c2ccc(C3CCC4(NC(=O)O)[C@@H](C3=C=O)c3cnc([nH]3)C3CCCN34)cc2)ccc(C2CCC3(NC(=O)O)[C@@H](C2=C=O)c2cnc([nH]2)C2CCCN23)c1C. The molecule has 10 rings (SSSR count). The fourth-order valence-electron chi connectivity index (χ4n) is 12.2. The molecule has 298 valence electrons. The lowest BCUT2D eigenvalue weighted by Gasteiger charge is -2.52. The molecule has 4 aromatic rings. The first kappa shape index (κ1) is 36.6. The summed E-state index contributed by atoms with van der Waals surface area (Å²) in [6, 6.07) is 12.4. The second-order valence-corrected chi connectivity index (χ2v) is 17.1. The molecule has 2 aromatic carbocycles. The summed E-state index contributed by atoms with van der Waals surface area (Å²) in [5, 5.41) is 26.0. The van der Waals surface area contributed by atoms with E-state index in [1.807, 2.05) is 0 Å². The van der Waals surface area contributed by atoms with Gasteiger partial charge in [0.1, 0.15) is 34.9 Å². The molecule has 14 heteroatoms. The first-order chi connectivity index (χ1) is 28.1.